The summed E-state index contributed by atoms with van der Waals surface area (Å²) in [6, 6.07) is 13.6. The Hall–Kier alpha value is -1.03. The lowest BCUT2D eigenvalue weighted by atomic mass is 9.84. The van der Waals surface area contributed by atoms with E-state index in [-0.39, 0.29) is 0 Å². The van der Waals surface area contributed by atoms with Crippen molar-refractivity contribution in [3.63, 3.8) is 0 Å². The highest BCUT2D eigenvalue weighted by Gasteiger charge is 2.38. The molecule has 2 nitrogen and oxygen atoms in total. The highest BCUT2D eigenvalue weighted by Crippen LogP contribution is 2.40. The van der Waals surface area contributed by atoms with E-state index in [1.807, 2.05) is 36.4 Å². The third-order valence-corrected chi connectivity index (χ3v) is 5.27. The molecule has 0 bridgehead atoms. The van der Waals surface area contributed by atoms with Crippen molar-refractivity contribution in [2.24, 2.45) is 0 Å². The van der Waals surface area contributed by atoms with Crippen molar-refractivity contribution >= 4 is 27.5 Å². The Bertz CT molecular complexity index is 661. The molecule has 0 spiro atoms. The quantitative estimate of drug-likeness (QED) is 0.837. The first-order valence-electron chi connectivity index (χ1n) is 7.10. The number of para-hydroxylation sites is 1. The molecule has 0 amide bonds. The van der Waals surface area contributed by atoms with Gasteiger partial charge < -0.3 is 10.0 Å². The van der Waals surface area contributed by atoms with Crippen LogP contribution in [0.15, 0.2) is 46.9 Å². The molecule has 0 aromatic heterocycles. The Labute approximate surface area is 138 Å². The summed E-state index contributed by atoms with van der Waals surface area (Å²) in [5.74, 6) is 1.05. The van der Waals surface area contributed by atoms with Crippen LogP contribution in [-0.4, -0.2) is 25.2 Å². The van der Waals surface area contributed by atoms with Gasteiger partial charge in [0.2, 0.25) is 0 Å². The Morgan fingerprint density at radius 2 is 1.76 bits per heavy atom. The summed E-state index contributed by atoms with van der Waals surface area (Å²) < 4.78 is 1.09. The lowest BCUT2D eigenvalue weighted by Gasteiger charge is -2.19. The molecule has 110 valence electrons. The average Bonchev–Trinajstić information content (AvgIpc) is 2.83. The highest BCUT2D eigenvalue weighted by atomic mass is 79.9. The van der Waals surface area contributed by atoms with Crippen LogP contribution in [-0.2, 0) is 0 Å². The number of quaternary nitrogens is 1. The van der Waals surface area contributed by atoms with E-state index in [9.17, 15) is 5.11 Å². The van der Waals surface area contributed by atoms with E-state index in [1.54, 1.807) is 6.07 Å². The van der Waals surface area contributed by atoms with E-state index < -0.39 is 0 Å². The van der Waals surface area contributed by atoms with Crippen LogP contribution in [0, 0.1) is 0 Å². The molecule has 2 N–H and O–H groups in total. The van der Waals surface area contributed by atoms with Gasteiger partial charge in [0.25, 0.3) is 0 Å². The van der Waals surface area contributed by atoms with Crippen molar-refractivity contribution in [3.8, 4) is 5.75 Å². The van der Waals surface area contributed by atoms with Crippen LogP contribution in [0.3, 0.4) is 0 Å². The molecular weight excluding hydrogens is 350 g/mol. The van der Waals surface area contributed by atoms with Gasteiger partial charge in [-0.1, -0.05) is 45.7 Å². The van der Waals surface area contributed by atoms with Crippen LogP contribution in [0.4, 0.5) is 0 Å². The van der Waals surface area contributed by atoms with Gasteiger partial charge in [-0.25, -0.2) is 0 Å². The number of likely N-dealkylation sites (N-methyl/N-ethyl adjacent to an activating group) is 1. The van der Waals surface area contributed by atoms with Crippen molar-refractivity contribution in [3.05, 3.63) is 63.1 Å². The highest BCUT2D eigenvalue weighted by molar-refractivity contribution is 9.10. The summed E-state index contributed by atoms with van der Waals surface area (Å²) in [6.45, 7) is 2.05. The van der Waals surface area contributed by atoms with Crippen molar-refractivity contribution in [2.45, 2.75) is 11.8 Å². The molecule has 21 heavy (non-hydrogen) atoms. The minimum absolute atomic E-state index is 0.306. The molecule has 3 rings (SSSR count). The first kappa shape index (κ1) is 14.9. The monoisotopic (exact) mass is 366 g/mol. The van der Waals surface area contributed by atoms with Crippen molar-refractivity contribution in [1.29, 1.82) is 0 Å². The predicted molar refractivity (Wildman–Crippen MR) is 89.4 cm³/mol. The number of hydrogen-bond acceptors (Lipinski definition) is 1. The fraction of sp³-hybridized carbons (Fsp3) is 0.294. The lowest BCUT2D eigenvalue weighted by Crippen LogP contribution is -3.07. The third-order valence-electron chi connectivity index (χ3n) is 4.32. The standard InChI is InChI=1S/C17H17BrClNO/c1-20-9-14(12-4-2-3-5-17(12)21)15(10-20)13-8-11(19)6-7-16(13)18/h2-8,14-15,21H,9-10H2,1H3/p+1. The molecule has 0 aliphatic carbocycles. The van der Waals surface area contributed by atoms with Crippen LogP contribution in [0.25, 0.3) is 0 Å². The molecule has 1 aliphatic rings. The first-order valence-corrected chi connectivity index (χ1v) is 8.27. The van der Waals surface area contributed by atoms with E-state index in [1.165, 1.54) is 10.5 Å². The molecule has 1 heterocycles. The van der Waals surface area contributed by atoms with Crippen LogP contribution < -0.4 is 4.90 Å². The molecule has 1 aliphatic heterocycles. The Balaban J connectivity index is 2.04. The first-order chi connectivity index (χ1) is 10.1. The molecular formula is C17H18BrClNO+. The zero-order valence-electron chi connectivity index (χ0n) is 11.8. The van der Waals surface area contributed by atoms with Gasteiger partial charge in [0.15, 0.2) is 0 Å². The largest absolute Gasteiger partial charge is 0.508 e. The zero-order chi connectivity index (χ0) is 15.0. The normalized spacial score (nSPS) is 25.2. The number of phenolic OH excluding ortho intramolecular Hbond substituents is 1. The average molecular weight is 368 g/mol. The maximum atomic E-state index is 10.2. The second kappa shape index (κ2) is 5.99. The zero-order valence-corrected chi connectivity index (χ0v) is 14.2. The third kappa shape index (κ3) is 2.96. The van der Waals surface area contributed by atoms with E-state index >= 15 is 0 Å². The number of nitrogens with one attached hydrogen (secondary N) is 1. The topological polar surface area (TPSA) is 24.7 Å². The number of benzene rings is 2. The maximum absolute atomic E-state index is 10.2. The second-order valence-corrected chi connectivity index (χ2v) is 7.09. The van der Waals surface area contributed by atoms with E-state index in [2.05, 4.69) is 23.0 Å². The molecule has 0 radical (unpaired) electrons. The number of rotatable bonds is 2. The number of hydrogen-bond donors (Lipinski definition) is 2. The minimum atomic E-state index is 0.306. The smallest absolute Gasteiger partial charge is 0.119 e. The molecule has 1 saturated heterocycles. The van der Waals surface area contributed by atoms with Gasteiger partial charge >= 0.3 is 0 Å². The second-order valence-electron chi connectivity index (χ2n) is 5.80. The van der Waals surface area contributed by atoms with Crippen LogP contribution >= 0.6 is 27.5 Å². The molecule has 0 saturated carbocycles. The fourth-order valence-corrected chi connectivity index (χ4v) is 4.09. The summed E-state index contributed by atoms with van der Waals surface area (Å²) in [6.07, 6.45) is 0. The van der Waals surface area contributed by atoms with Crippen LogP contribution in [0.5, 0.6) is 5.75 Å². The number of phenols is 1. The molecule has 2 aromatic carbocycles. The number of likely N-dealkylation sites (tertiary alicyclic amines) is 1. The van der Waals surface area contributed by atoms with Gasteiger partial charge in [-0.3, -0.25) is 0 Å². The van der Waals surface area contributed by atoms with E-state index in [0.717, 1.165) is 28.1 Å². The number of aromatic hydroxyl groups is 1. The molecule has 1 fully saturated rings. The van der Waals surface area contributed by atoms with Crippen LogP contribution in [0.1, 0.15) is 23.0 Å². The summed E-state index contributed by atoms with van der Waals surface area (Å²) in [5.41, 5.74) is 2.26. The number of halogens is 2. The van der Waals surface area contributed by atoms with Crippen molar-refractivity contribution in [1.82, 2.24) is 0 Å². The Morgan fingerprint density at radius 3 is 2.48 bits per heavy atom. The van der Waals surface area contributed by atoms with Gasteiger partial charge in [-0.05, 0) is 29.8 Å². The predicted octanol–water partition coefficient (Wildman–Crippen LogP) is 3.20. The Morgan fingerprint density at radius 1 is 1.10 bits per heavy atom. The minimum Gasteiger partial charge on any atom is -0.508 e. The maximum Gasteiger partial charge on any atom is 0.119 e. The molecule has 3 atom stereocenters. The SMILES string of the molecule is C[NH+]1CC(c2ccccc2O)C(c2cc(Cl)ccc2Br)C1. The van der Waals surface area contributed by atoms with Gasteiger partial charge in [0, 0.05) is 26.9 Å². The molecule has 2 aromatic rings. The summed E-state index contributed by atoms with van der Waals surface area (Å²) in [4.78, 5) is 1.47. The van der Waals surface area contributed by atoms with Crippen molar-refractivity contribution < 1.29 is 10.0 Å². The fourth-order valence-electron chi connectivity index (χ4n) is 3.37. The van der Waals surface area contributed by atoms with Gasteiger partial charge in [0.1, 0.15) is 5.75 Å². The Kier molecular flexibility index (Phi) is 4.25. The van der Waals surface area contributed by atoms with E-state index in [0.29, 0.717) is 17.6 Å². The van der Waals surface area contributed by atoms with E-state index in [4.69, 9.17) is 11.6 Å². The molecule has 3 unspecified atom stereocenters. The van der Waals surface area contributed by atoms with Gasteiger partial charge in [-0.15, -0.1) is 0 Å². The summed E-state index contributed by atoms with van der Waals surface area (Å²) in [5, 5.41) is 11.0. The molecule has 4 heteroatoms. The van der Waals surface area contributed by atoms with Gasteiger partial charge in [0.05, 0.1) is 20.1 Å². The van der Waals surface area contributed by atoms with Crippen LogP contribution in [0.2, 0.25) is 5.02 Å². The summed E-state index contributed by atoms with van der Waals surface area (Å²) in [7, 11) is 2.20. The van der Waals surface area contributed by atoms with Crippen molar-refractivity contribution in [2.75, 3.05) is 20.1 Å². The summed E-state index contributed by atoms with van der Waals surface area (Å²) >= 11 is 9.83. The van der Waals surface area contributed by atoms with Gasteiger partial charge in [-0.2, -0.15) is 0 Å². The lowest BCUT2D eigenvalue weighted by molar-refractivity contribution is -0.867.